The van der Waals surface area contributed by atoms with Crippen LogP contribution >= 0.6 is 24.8 Å². The van der Waals surface area contributed by atoms with E-state index in [9.17, 15) is 4.79 Å². The van der Waals surface area contributed by atoms with Crippen molar-refractivity contribution in [1.82, 2.24) is 15.2 Å². The summed E-state index contributed by atoms with van der Waals surface area (Å²) in [5.41, 5.74) is 13.3. The van der Waals surface area contributed by atoms with Gasteiger partial charge in [-0.1, -0.05) is 50.6 Å². The Morgan fingerprint density at radius 1 is 1.12 bits per heavy atom. The summed E-state index contributed by atoms with van der Waals surface area (Å²) in [6.07, 6.45) is 0.807. The molecular weight excluding hydrogens is 463 g/mol. The lowest BCUT2D eigenvalue weighted by Crippen LogP contribution is -2.18. The first-order valence-electron chi connectivity index (χ1n) is 10.3. The topological polar surface area (TPSA) is 114 Å². The van der Waals surface area contributed by atoms with E-state index in [1.807, 2.05) is 6.92 Å². The number of hydrogen-bond acceptors (Lipinski definition) is 5. The highest BCUT2D eigenvalue weighted by atomic mass is 35.5. The molecule has 33 heavy (non-hydrogen) atoms. The van der Waals surface area contributed by atoms with Crippen LogP contribution in [-0.2, 0) is 19.6 Å². The van der Waals surface area contributed by atoms with Crippen LogP contribution in [-0.4, -0.2) is 26.3 Å². The number of aromatic carboxylic acids is 1. The van der Waals surface area contributed by atoms with Crippen LogP contribution < -0.4 is 10.5 Å². The van der Waals surface area contributed by atoms with E-state index >= 15 is 0 Å². The lowest BCUT2D eigenvalue weighted by molar-refractivity contribution is 0.0690. The summed E-state index contributed by atoms with van der Waals surface area (Å²) in [6, 6.07) is 9.70. The van der Waals surface area contributed by atoms with Crippen LogP contribution in [0.15, 0.2) is 30.3 Å². The highest BCUT2D eigenvalue weighted by Gasteiger charge is 2.22. The van der Waals surface area contributed by atoms with Gasteiger partial charge >= 0.3 is 5.97 Å². The maximum Gasteiger partial charge on any atom is 0.354 e. The molecule has 0 saturated carbocycles. The summed E-state index contributed by atoms with van der Waals surface area (Å²) >= 11 is 0. The molecule has 2 heterocycles. The average molecular weight is 495 g/mol. The minimum atomic E-state index is -1.09. The molecule has 0 amide bonds. The number of carboxylic acids is 1. The standard InChI is InChI=1S/C24H30N4O3.2ClH/c1-14-6-8-16(9-7-14)22-17(12-25)20(11-24(3,4)5)26-15(2)18(22)13-31-21-10-19(23(29)30)27-28-21;;/h6-10H,11-13,25H2,1-5H3,(H,27,28)(H,29,30);2*1H. The van der Waals surface area contributed by atoms with E-state index in [4.69, 9.17) is 20.6 Å². The number of hydrogen-bond donors (Lipinski definition) is 3. The Morgan fingerprint density at radius 3 is 2.27 bits per heavy atom. The fourth-order valence-electron chi connectivity index (χ4n) is 3.59. The lowest BCUT2D eigenvalue weighted by atomic mass is 9.85. The third kappa shape index (κ3) is 6.93. The number of aromatic amines is 1. The van der Waals surface area contributed by atoms with Crippen LogP contribution in [0.1, 0.15) is 59.3 Å². The zero-order chi connectivity index (χ0) is 22.8. The molecule has 0 saturated heterocycles. The number of rotatable bonds is 7. The van der Waals surface area contributed by atoms with Crippen molar-refractivity contribution in [2.45, 2.75) is 54.2 Å². The summed E-state index contributed by atoms with van der Waals surface area (Å²) < 4.78 is 5.84. The molecule has 180 valence electrons. The van der Waals surface area contributed by atoms with Gasteiger partial charge in [0.05, 0.1) is 0 Å². The number of carbonyl (C=O) groups is 1. The molecule has 0 radical (unpaired) electrons. The van der Waals surface area contributed by atoms with Gasteiger partial charge in [-0.25, -0.2) is 4.79 Å². The maximum absolute atomic E-state index is 11.1. The fourth-order valence-corrected chi connectivity index (χ4v) is 3.59. The number of pyridine rings is 1. The van der Waals surface area contributed by atoms with Crippen molar-refractivity contribution >= 4 is 30.8 Å². The van der Waals surface area contributed by atoms with Gasteiger partial charge in [0.1, 0.15) is 12.3 Å². The van der Waals surface area contributed by atoms with Gasteiger partial charge < -0.3 is 15.6 Å². The number of nitrogens with two attached hydrogens (primary N) is 1. The van der Waals surface area contributed by atoms with Crippen molar-refractivity contribution < 1.29 is 14.6 Å². The minimum absolute atomic E-state index is 0. The Kier molecular flexibility index (Phi) is 9.90. The zero-order valence-corrected chi connectivity index (χ0v) is 21.2. The summed E-state index contributed by atoms with van der Waals surface area (Å²) in [4.78, 5) is 16.0. The molecule has 0 bridgehead atoms. The van der Waals surface area contributed by atoms with Gasteiger partial charge in [0, 0.05) is 29.6 Å². The predicted molar refractivity (Wildman–Crippen MR) is 135 cm³/mol. The quantitative estimate of drug-likeness (QED) is 0.412. The number of aryl methyl sites for hydroxylation is 2. The van der Waals surface area contributed by atoms with Crippen molar-refractivity contribution in [1.29, 1.82) is 0 Å². The Labute approximate surface area is 207 Å². The Bertz CT molecular complexity index is 1090. The van der Waals surface area contributed by atoms with E-state index in [0.717, 1.165) is 40.1 Å². The van der Waals surface area contributed by atoms with E-state index in [-0.39, 0.29) is 48.4 Å². The number of nitrogens with one attached hydrogen (secondary N) is 1. The average Bonchev–Trinajstić information content (AvgIpc) is 3.16. The van der Waals surface area contributed by atoms with Gasteiger partial charge in [0.2, 0.25) is 5.88 Å². The van der Waals surface area contributed by atoms with Gasteiger partial charge in [0.25, 0.3) is 0 Å². The Balaban J connectivity index is 0.00000272. The number of nitrogens with zero attached hydrogens (tertiary/aromatic N) is 2. The predicted octanol–water partition coefficient (Wildman–Crippen LogP) is 5.26. The Morgan fingerprint density at radius 2 is 1.76 bits per heavy atom. The van der Waals surface area contributed by atoms with Crippen LogP contribution in [0.4, 0.5) is 0 Å². The summed E-state index contributed by atoms with van der Waals surface area (Å²) in [5.74, 6) is -0.864. The second kappa shape index (κ2) is 11.5. The first-order chi connectivity index (χ1) is 14.6. The van der Waals surface area contributed by atoms with Gasteiger partial charge in [-0.2, -0.15) is 0 Å². The SMILES string of the molecule is Cc1ccc(-c2c(COc3cc(C(=O)O)[nH]n3)c(C)nc(CC(C)(C)C)c2CN)cc1.Cl.Cl. The largest absolute Gasteiger partial charge is 0.477 e. The molecule has 4 N–H and O–H groups in total. The molecule has 2 aromatic heterocycles. The van der Waals surface area contributed by atoms with Gasteiger partial charge in [-0.3, -0.25) is 10.1 Å². The molecule has 9 heteroatoms. The van der Waals surface area contributed by atoms with Gasteiger partial charge in [-0.15, -0.1) is 29.9 Å². The number of H-pyrrole nitrogens is 1. The third-order valence-electron chi connectivity index (χ3n) is 5.08. The highest BCUT2D eigenvalue weighted by Crippen LogP contribution is 2.34. The number of halogens is 2. The molecule has 3 aromatic rings. The first kappa shape index (κ1) is 28.4. The number of benzene rings is 1. The molecule has 0 atom stereocenters. The molecule has 0 spiro atoms. The van der Waals surface area contributed by atoms with Crippen LogP contribution in [0, 0.1) is 19.3 Å². The van der Waals surface area contributed by atoms with E-state index in [1.165, 1.54) is 11.6 Å². The summed E-state index contributed by atoms with van der Waals surface area (Å²) in [6.45, 7) is 11.1. The third-order valence-corrected chi connectivity index (χ3v) is 5.08. The molecule has 0 aliphatic rings. The molecular formula is C24H32Cl2N4O3. The minimum Gasteiger partial charge on any atom is -0.477 e. The van der Waals surface area contributed by atoms with Crippen molar-refractivity contribution in [2.75, 3.05) is 0 Å². The number of ether oxygens (including phenoxy) is 1. The second-order valence-corrected chi connectivity index (χ2v) is 9.00. The smallest absolute Gasteiger partial charge is 0.354 e. The summed E-state index contributed by atoms with van der Waals surface area (Å²) in [7, 11) is 0. The summed E-state index contributed by atoms with van der Waals surface area (Å²) in [5, 5.41) is 15.5. The van der Waals surface area contributed by atoms with Gasteiger partial charge in [0.15, 0.2) is 0 Å². The molecule has 0 fully saturated rings. The van der Waals surface area contributed by atoms with E-state index in [2.05, 4.69) is 62.2 Å². The molecule has 0 unspecified atom stereocenters. The normalized spacial score (nSPS) is 10.8. The fraction of sp³-hybridized carbons (Fsp3) is 0.375. The zero-order valence-electron chi connectivity index (χ0n) is 19.6. The molecule has 0 aliphatic heterocycles. The van der Waals surface area contributed by atoms with Crippen molar-refractivity contribution in [3.63, 3.8) is 0 Å². The van der Waals surface area contributed by atoms with E-state index in [1.54, 1.807) is 0 Å². The van der Waals surface area contributed by atoms with Crippen LogP contribution in [0.2, 0.25) is 0 Å². The molecule has 3 rings (SSSR count). The van der Waals surface area contributed by atoms with E-state index in [0.29, 0.717) is 6.54 Å². The van der Waals surface area contributed by atoms with Crippen molar-refractivity contribution in [3.05, 3.63) is 64.1 Å². The van der Waals surface area contributed by atoms with E-state index < -0.39 is 5.97 Å². The maximum atomic E-state index is 11.1. The second-order valence-electron chi connectivity index (χ2n) is 9.00. The molecule has 7 nitrogen and oxygen atoms in total. The van der Waals surface area contributed by atoms with Crippen molar-refractivity contribution in [2.24, 2.45) is 11.1 Å². The van der Waals surface area contributed by atoms with Crippen LogP contribution in [0.5, 0.6) is 5.88 Å². The Hall–Kier alpha value is -2.61. The molecule has 0 aliphatic carbocycles. The van der Waals surface area contributed by atoms with Crippen LogP contribution in [0.3, 0.4) is 0 Å². The molecule has 1 aromatic carbocycles. The van der Waals surface area contributed by atoms with Crippen molar-refractivity contribution in [3.8, 4) is 17.0 Å². The first-order valence-corrected chi connectivity index (χ1v) is 10.3. The monoisotopic (exact) mass is 494 g/mol. The lowest BCUT2D eigenvalue weighted by Gasteiger charge is -2.24. The number of carboxylic acid groups (broad SMARTS) is 1. The van der Waals surface area contributed by atoms with Gasteiger partial charge in [-0.05, 0) is 42.4 Å². The number of aromatic nitrogens is 3. The van der Waals surface area contributed by atoms with Crippen LogP contribution in [0.25, 0.3) is 11.1 Å². The highest BCUT2D eigenvalue weighted by molar-refractivity contribution is 5.86.